The highest BCUT2D eigenvalue weighted by molar-refractivity contribution is 7.92. The van der Waals surface area contributed by atoms with Crippen molar-refractivity contribution in [3.05, 3.63) is 0 Å². The molecule has 2 nitrogen and oxygen atoms in total. The summed E-state index contributed by atoms with van der Waals surface area (Å²) < 4.78 is 25.0. The largest absolute Gasteiger partial charge is 0.228 e. The number of sulfone groups is 1. The second-order valence-electron chi connectivity index (χ2n) is 9.10. The van der Waals surface area contributed by atoms with Gasteiger partial charge >= 0.3 is 0 Å². The van der Waals surface area contributed by atoms with Crippen molar-refractivity contribution >= 4 is 9.84 Å². The molecule has 0 amide bonds. The lowest BCUT2D eigenvalue weighted by Crippen LogP contribution is -2.44. The summed E-state index contributed by atoms with van der Waals surface area (Å²) in [5.41, 5.74) is 0.0358. The highest BCUT2D eigenvalue weighted by Crippen LogP contribution is 2.41. The van der Waals surface area contributed by atoms with Crippen LogP contribution in [0.1, 0.15) is 75.2 Å². The van der Waals surface area contributed by atoms with Gasteiger partial charge in [-0.3, -0.25) is 0 Å². The molecule has 0 aliphatic rings. The topological polar surface area (TPSA) is 34.1 Å². The maximum absolute atomic E-state index is 12.8. The molecule has 0 atom stereocenters. The van der Waals surface area contributed by atoms with Gasteiger partial charge in [0.25, 0.3) is 0 Å². The Bertz CT molecular complexity index is 362. The van der Waals surface area contributed by atoms with Crippen molar-refractivity contribution in [3.63, 3.8) is 0 Å². The van der Waals surface area contributed by atoms with E-state index in [0.29, 0.717) is 12.8 Å². The molecule has 0 aliphatic carbocycles. The zero-order valence-electron chi connectivity index (χ0n) is 14.4. The second-order valence-corrected chi connectivity index (χ2v) is 11.6. The van der Waals surface area contributed by atoms with Crippen LogP contribution in [0.15, 0.2) is 0 Å². The van der Waals surface area contributed by atoms with Crippen molar-refractivity contribution in [2.45, 2.75) is 79.9 Å². The first-order valence-corrected chi connectivity index (χ1v) is 8.96. The van der Waals surface area contributed by atoms with Crippen molar-refractivity contribution in [3.8, 4) is 0 Å². The normalized spacial score (nSPS) is 15.1. The van der Waals surface area contributed by atoms with Crippen LogP contribution in [0.2, 0.25) is 0 Å². The van der Waals surface area contributed by atoms with E-state index in [-0.39, 0.29) is 22.5 Å². The van der Waals surface area contributed by atoms with E-state index in [1.807, 2.05) is 20.8 Å². The lowest BCUT2D eigenvalue weighted by Gasteiger charge is -2.40. The molecular weight excluding hydrogens is 256 g/mol. The zero-order valence-corrected chi connectivity index (χ0v) is 15.2. The molecule has 116 valence electrons. The van der Waals surface area contributed by atoms with Gasteiger partial charge in [-0.05, 0) is 36.5 Å². The molecule has 0 aliphatic heterocycles. The van der Waals surface area contributed by atoms with Gasteiger partial charge in [-0.25, -0.2) is 8.42 Å². The molecule has 0 saturated carbocycles. The van der Waals surface area contributed by atoms with Crippen molar-refractivity contribution in [1.82, 2.24) is 0 Å². The van der Waals surface area contributed by atoms with Gasteiger partial charge in [0.15, 0.2) is 9.84 Å². The molecule has 0 fully saturated rings. The van der Waals surface area contributed by atoms with Crippen molar-refractivity contribution in [2.24, 2.45) is 16.7 Å². The molecule has 0 bridgehead atoms. The van der Waals surface area contributed by atoms with Gasteiger partial charge in [0.1, 0.15) is 0 Å². The van der Waals surface area contributed by atoms with Gasteiger partial charge in [0.05, 0.1) is 10.5 Å². The Morgan fingerprint density at radius 2 is 1.11 bits per heavy atom. The fourth-order valence-corrected chi connectivity index (χ4v) is 5.75. The van der Waals surface area contributed by atoms with Crippen LogP contribution in [0.4, 0.5) is 0 Å². The predicted octanol–water partition coefficient (Wildman–Crippen LogP) is 4.69. The molecule has 0 N–H and O–H groups in total. The van der Waals surface area contributed by atoms with Gasteiger partial charge in [-0.15, -0.1) is 0 Å². The highest BCUT2D eigenvalue weighted by Gasteiger charge is 2.44. The Morgan fingerprint density at radius 1 is 0.789 bits per heavy atom. The van der Waals surface area contributed by atoms with Crippen LogP contribution in [0.25, 0.3) is 0 Å². The lowest BCUT2D eigenvalue weighted by molar-refractivity contribution is 0.247. The second kappa shape index (κ2) is 5.75. The van der Waals surface area contributed by atoms with Gasteiger partial charge in [0, 0.05) is 0 Å². The third-order valence-electron chi connectivity index (χ3n) is 3.11. The van der Waals surface area contributed by atoms with E-state index in [4.69, 9.17) is 0 Å². The summed E-state index contributed by atoms with van der Waals surface area (Å²) in [5.74, 6) is 0.472. The molecule has 0 unspecified atom stereocenters. The molecule has 19 heavy (non-hydrogen) atoms. The molecule has 0 radical (unpaired) electrons. The van der Waals surface area contributed by atoms with E-state index >= 15 is 0 Å². The maximum Gasteiger partial charge on any atom is 0.156 e. The average molecular weight is 291 g/mol. The fraction of sp³-hybridized carbons (Fsp3) is 1.00. The Morgan fingerprint density at radius 3 is 1.32 bits per heavy atom. The molecule has 0 aromatic heterocycles. The molecule has 0 heterocycles. The third-order valence-corrected chi connectivity index (χ3v) is 6.01. The zero-order chi connectivity index (χ0) is 15.7. The molecule has 0 aromatic carbocycles. The summed E-state index contributed by atoms with van der Waals surface area (Å²) in [4.78, 5) is 0. The minimum atomic E-state index is -3.09. The summed E-state index contributed by atoms with van der Waals surface area (Å²) in [6.45, 7) is 18.6. The van der Waals surface area contributed by atoms with Crippen LogP contribution >= 0.6 is 0 Å². The van der Waals surface area contributed by atoms with Crippen LogP contribution in [0.3, 0.4) is 0 Å². The minimum Gasteiger partial charge on any atom is -0.228 e. The van der Waals surface area contributed by atoms with Gasteiger partial charge in [-0.2, -0.15) is 0 Å². The Hall–Kier alpha value is -0.0500. The van der Waals surface area contributed by atoms with E-state index < -0.39 is 14.6 Å². The van der Waals surface area contributed by atoms with Crippen LogP contribution in [-0.2, 0) is 9.84 Å². The quantitative estimate of drug-likeness (QED) is 0.736. The molecule has 0 aromatic rings. The molecule has 0 saturated heterocycles. The predicted molar refractivity (Wildman–Crippen MR) is 85.2 cm³/mol. The van der Waals surface area contributed by atoms with Gasteiger partial charge in [0.2, 0.25) is 0 Å². The van der Waals surface area contributed by atoms with E-state index in [1.165, 1.54) is 0 Å². The Balaban J connectivity index is 5.51. The summed E-state index contributed by atoms with van der Waals surface area (Å²) in [5, 5.41) is 0. The first-order chi connectivity index (χ1) is 8.08. The van der Waals surface area contributed by atoms with Crippen molar-refractivity contribution in [1.29, 1.82) is 0 Å². The van der Waals surface area contributed by atoms with Crippen molar-refractivity contribution < 1.29 is 8.42 Å². The van der Waals surface area contributed by atoms with Gasteiger partial charge in [-0.1, -0.05) is 55.4 Å². The first-order valence-electron chi connectivity index (χ1n) is 7.30. The van der Waals surface area contributed by atoms with Crippen molar-refractivity contribution in [2.75, 3.05) is 5.75 Å². The number of rotatable bonds is 5. The Labute approximate surface area is 121 Å². The minimum absolute atomic E-state index is 0.0179. The van der Waals surface area contributed by atoms with Crippen LogP contribution < -0.4 is 0 Å². The van der Waals surface area contributed by atoms with E-state index in [9.17, 15) is 8.42 Å². The highest BCUT2D eigenvalue weighted by atomic mass is 32.2. The molecule has 0 spiro atoms. The van der Waals surface area contributed by atoms with Crippen LogP contribution in [0.5, 0.6) is 0 Å². The van der Waals surface area contributed by atoms with E-state index in [1.54, 1.807) is 0 Å². The fourth-order valence-electron chi connectivity index (χ4n) is 3.17. The van der Waals surface area contributed by atoms with E-state index in [2.05, 4.69) is 41.5 Å². The summed E-state index contributed by atoms with van der Waals surface area (Å²) in [6, 6.07) is 0. The smallest absolute Gasteiger partial charge is 0.156 e. The summed E-state index contributed by atoms with van der Waals surface area (Å²) >= 11 is 0. The molecule has 3 heteroatoms. The molecule has 0 rings (SSSR count). The van der Waals surface area contributed by atoms with Gasteiger partial charge < -0.3 is 0 Å². The SMILES string of the molecule is CC(C)CS(=O)(=O)C(C)(CC(C)(C)C)CC(C)(C)C. The number of hydrogen-bond donors (Lipinski definition) is 0. The van der Waals surface area contributed by atoms with E-state index in [0.717, 1.165) is 0 Å². The standard InChI is InChI=1S/C16H34O2S/c1-13(2)10-19(17,18)16(9,11-14(3,4)5)12-15(6,7)8/h13H,10-12H2,1-9H3. The van der Waals surface area contributed by atoms with Crippen LogP contribution in [0, 0.1) is 16.7 Å². The summed E-state index contributed by atoms with van der Waals surface area (Å²) in [6.07, 6.45) is 1.43. The third kappa shape index (κ3) is 6.78. The first kappa shape index (κ1) is 18.9. The molecular formula is C16H34O2S. The Kier molecular flexibility index (Phi) is 5.73. The number of hydrogen-bond acceptors (Lipinski definition) is 2. The summed E-state index contributed by atoms with van der Waals surface area (Å²) in [7, 11) is -3.09. The maximum atomic E-state index is 12.8. The average Bonchev–Trinajstić information content (AvgIpc) is 1.91. The lowest BCUT2D eigenvalue weighted by atomic mass is 9.77. The van der Waals surface area contributed by atoms with Crippen LogP contribution in [-0.4, -0.2) is 18.9 Å². The monoisotopic (exact) mass is 290 g/mol.